The van der Waals surface area contributed by atoms with Crippen molar-refractivity contribution in [2.45, 2.75) is 309 Å². The van der Waals surface area contributed by atoms with Crippen molar-refractivity contribution >= 4 is 17.9 Å². The number of hydrogen-bond donors (Lipinski definition) is 0. The fourth-order valence-electron chi connectivity index (χ4n) is 9.30. The van der Waals surface area contributed by atoms with Gasteiger partial charge in [-0.2, -0.15) is 0 Å². The van der Waals surface area contributed by atoms with Crippen molar-refractivity contribution in [2.24, 2.45) is 0 Å². The average molecular weight is 1150 g/mol. The Balaban J connectivity index is 4.20. The molecule has 0 aromatic heterocycles. The van der Waals surface area contributed by atoms with Gasteiger partial charge in [-0.25, -0.2) is 0 Å². The minimum atomic E-state index is -0.799. The van der Waals surface area contributed by atoms with Gasteiger partial charge in [0, 0.05) is 19.3 Å². The van der Waals surface area contributed by atoms with E-state index in [-0.39, 0.29) is 31.1 Å². The minimum absolute atomic E-state index is 0.0928. The molecule has 0 aromatic rings. The summed E-state index contributed by atoms with van der Waals surface area (Å²) in [5, 5.41) is 0. The van der Waals surface area contributed by atoms with Crippen molar-refractivity contribution in [3.8, 4) is 0 Å². The highest BCUT2D eigenvalue weighted by Crippen LogP contribution is 2.16. The molecule has 1 unspecified atom stereocenters. The van der Waals surface area contributed by atoms with Crippen LogP contribution in [-0.4, -0.2) is 37.2 Å². The average Bonchev–Trinajstić information content (AvgIpc) is 3.49. The third-order valence-electron chi connectivity index (χ3n) is 14.3. The van der Waals surface area contributed by atoms with Crippen molar-refractivity contribution in [3.05, 3.63) is 146 Å². The quantitative estimate of drug-likeness (QED) is 0.0261. The molecule has 0 spiro atoms. The molecule has 0 fully saturated rings. The molecule has 1 atom stereocenters. The molecule has 0 N–H and O–H groups in total. The van der Waals surface area contributed by atoms with Crippen LogP contribution < -0.4 is 0 Å². The molecule has 0 rings (SSSR count). The molecule has 0 saturated carbocycles. The summed E-state index contributed by atoms with van der Waals surface area (Å²) in [6.07, 6.45) is 100. The first kappa shape index (κ1) is 78.3. The molecule has 0 amide bonds. The van der Waals surface area contributed by atoms with Gasteiger partial charge in [-0.05, 0) is 135 Å². The van der Waals surface area contributed by atoms with Crippen LogP contribution in [0.1, 0.15) is 303 Å². The van der Waals surface area contributed by atoms with Gasteiger partial charge in [0.25, 0.3) is 0 Å². The Morgan fingerprint density at radius 3 is 0.675 bits per heavy atom. The van der Waals surface area contributed by atoms with E-state index >= 15 is 0 Å². The van der Waals surface area contributed by atoms with Crippen LogP contribution in [0.4, 0.5) is 0 Å². The van der Waals surface area contributed by atoms with Crippen LogP contribution in [0, 0.1) is 0 Å². The van der Waals surface area contributed by atoms with E-state index in [4.69, 9.17) is 14.2 Å². The van der Waals surface area contributed by atoms with Crippen LogP contribution in [0.3, 0.4) is 0 Å². The van der Waals surface area contributed by atoms with Gasteiger partial charge < -0.3 is 14.2 Å². The van der Waals surface area contributed by atoms with Crippen molar-refractivity contribution in [1.29, 1.82) is 0 Å². The molecule has 0 radical (unpaired) electrons. The molecule has 83 heavy (non-hydrogen) atoms. The first-order valence-corrected chi connectivity index (χ1v) is 34.3. The summed E-state index contributed by atoms with van der Waals surface area (Å²) in [4.78, 5) is 38.3. The van der Waals surface area contributed by atoms with E-state index in [2.05, 4.69) is 167 Å². The molecular formula is C77H126O6. The molecular weight excluding hydrogens is 1020 g/mol. The van der Waals surface area contributed by atoms with Crippen LogP contribution in [0.5, 0.6) is 0 Å². The number of rotatable bonds is 61. The fourth-order valence-corrected chi connectivity index (χ4v) is 9.30. The molecule has 0 aliphatic rings. The fraction of sp³-hybridized carbons (Fsp3) is 0.649. The zero-order chi connectivity index (χ0) is 59.9. The van der Waals surface area contributed by atoms with Crippen LogP contribution in [0.25, 0.3) is 0 Å². The lowest BCUT2D eigenvalue weighted by atomic mass is 10.0. The third kappa shape index (κ3) is 68.0. The van der Waals surface area contributed by atoms with E-state index in [1.165, 1.54) is 89.9 Å². The van der Waals surface area contributed by atoms with Gasteiger partial charge in [0.2, 0.25) is 0 Å². The van der Waals surface area contributed by atoms with Gasteiger partial charge in [0.05, 0.1) is 0 Å². The van der Waals surface area contributed by atoms with Crippen molar-refractivity contribution in [1.82, 2.24) is 0 Å². The smallest absolute Gasteiger partial charge is 0.306 e. The normalized spacial score (nSPS) is 13.0. The van der Waals surface area contributed by atoms with Gasteiger partial charge in [0.15, 0.2) is 6.10 Å². The Bertz CT molecular complexity index is 1800. The number of carbonyl (C=O) groups is 3. The lowest BCUT2D eigenvalue weighted by Gasteiger charge is -2.18. The molecule has 0 aliphatic carbocycles. The summed E-state index contributed by atoms with van der Waals surface area (Å²) < 4.78 is 16.9. The lowest BCUT2D eigenvalue weighted by Crippen LogP contribution is -2.30. The maximum Gasteiger partial charge on any atom is 0.306 e. The van der Waals surface area contributed by atoms with E-state index in [0.29, 0.717) is 19.3 Å². The van der Waals surface area contributed by atoms with E-state index < -0.39 is 6.10 Å². The van der Waals surface area contributed by atoms with Crippen LogP contribution >= 0.6 is 0 Å². The Hall–Kier alpha value is -4.71. The number of ether oxygens (including phenoxy) is 3. The highest BCUT2D eigenvalue weighted by Gasteiger charge is 2.19. The molecule has 0 heterocycles. The Kier molecular flexibility index (Phi) is 65.8. The van der Waals surface area contributed by atoms with Crippen molar-refractivity contribution in [2.75, 3.05) is 13.2 Å². The maximum atomic E-state index is 12.9. The van der Waals surface area contributed by atoms with Crippen LogP contribution in [0.2, 0.25) is 0 Å². The van der Waals surface area contributed by atoms with Gasteiger partial charge in [0.1, 0.15) is 13.2 Å². The SMILES string of the molecule is CC/C=C\C/C=C\C/C=C\C/C=C\C/C=C\C/C=C\CCCCCCCCCCCCCCCCCCC(=O)OCC(COC(=O)CCCCCCC/C=C\C/C=C\C/C=C\CC)OC(=O)CCCCCCC/C=C\C/C=C\C/C=C\CC. The molecule has 0 saturated heterocycles. The number of esters is 3. The first-order chi connectivity index (χ1) is 41.0. The molecule has 0 bridgehead atoms. The number of hydrogen-bond acceptors (Lipinski definition) is 6. The summed E-state index contributed by atoms with van der Waals surface area (Å²) in [6.45, 7) is 6.29. The monoisotopic (exact) mass is 1150 g/mol. The highest BCUT2D eigenvalue weighted by atomic mass is 16.6. The lowest BCUT2D eigenvalue weighted by molar-refractivity contribution is -0.167. The zero-order valence-electron chi connectivity index (χ0n) is 53.9. The summed E-state index contributed by atoms with van der Waals surface area (Å²) in [5.74, 6) is -0.923. The molecule has 6 heteroatoms. The molecule has 6 nitrogen and oxygen atoms in total. The zero-order valence-corrected chi connectivity index (χ0v) is 53.9. The standard InChI is InChI=1S/C77H126O6/c1-4-7-10-13-16-19-22-25-28-29-30-31-32-33-34-35-36-37-38-39-40-41-42-43-44-45-46-47-50-52-55-58-61-64-67-70-76(79)82-73-74(83-77(80)71-68-65-62-59-56-53-49-27-24-21-18-15-12-9-6-3)72-81-75(78)69-66-63-60-57-54-51-48-26-23-20-17-14-11-8-5-2/h7-12,16-21,25-28,30-31,33-34,36-37,48-49,74H,4-6,13-15,22-24,29,32,35,38-47,50-73H2,1-3H3/b10-7-,11-8-,12-9-,19-16-,20-17-,21-18-,28-25-,31-30-,34-33-,37-36-,48-26-,49-27-. The van der Waals surface area contributed by atoms with Gasteiger partial charge in [-0.1, -0.05) is 295 Å². The van der Waals surface area contributed by atoms with E-state index in [9.17, 15) is 14.4 Å². The van der Waals surface area contributed by atoms with Gasteiger partial charge >= 0.3 is 17.9 Å². The predicted octanol–water partition coefficient (Wildman–Crippen LogP) is 23.9. The minimum Gasteiger partial charge on any atom is -0.462 e. The first-order valence-electron chi connectivity index (χ1n) is 34.3. The van der Waals surface area contributed by atoms with Crippen molar-refractivity contribution in [3.63, 3.8) is 0 Å². The van der Waals surface area contributed by atoms with Gasteiger partial charge in [-0.15, -0.1) is 0 Å². The predicted molar refractivity (Wildman–Crippen MR) is 362 cm³/mol. The van der Waals surface area contributed by atoms with Crippen LogP contribution in [0.15, 0.2) is 146 Å². The van der Waals surface area contributed by atoms with E-state index in [1.807, 2.05) is 0 Å². The Labute approximate surface area is 512 Å². The molecule has 0 aliphatic heterocycles. The summed E-state index contributed by atoms with van der Waals surface area (Å²) >= 11 is 0. The largest absolute Gasteiger partial charge is 0.462 e. The van der Waals surface area contributed by atoms with Gasteiger partial charge in [-0.3, -0.25) is 14.4 Å². The topological polar surface area (TPSA) is 78.9 Å². The summed E-state index contributed by atoms with van der Waals surface area (Å²) in [6, 6.07) is 0. The third-order valence-corrected chi connectivity index (χ3v) is 14.3. The highest BCUT2D eigenvalue weighted by molar-refractivity contribution is 5.71. The van der Waals surface area contributed by atoms with E-state index in [1.54, 1.807) is 0 Å². The second-order valence-electron chi connectivity index (χ2n) is 22.3. The number of allylic oxidation sites excluding steroid dienone is 24. The summed E-state index contributed by atoms with van der Waals surface area (Å²) in [7, 11) is 0. The van der Waals surface area contributed by atoms with Crippen molar-refractivity contribution < 1.29 is 28.6 Å². The molecule has 470 valence electrons. The number of carbonyl (C=O) groups excluding carboxylic acids is 3. The van der Waals surface area contributed by atoms with Crippen LogP contribution in [-0.2, 0) is 28.6 Å². The maximum absolute atomic E-state index is 12.9. The Morgan fingerprint density at radius 1 is 0.241 bits per heavy atom. The Morgan fingerprint density at radius 2 is 0.434 bits per heavy atom. The summed E-state index contributed by atoms with van der Waals surface area (Å²) in [5.41, 5.74) is 0. The van der Waals surface area contributed by atoms with E-state index in [0.717, 1.165) is 173 Å². The second kappa shape index (κ2) is 69.8. The number of unbranched alkanes of at least 4 members (excludes halogenated alkanes) is 26. The molecule has 0 aromatic carbocycles. The second-order valence-corrected chi connectivity index (χ2v) is 22.3.